The molecule has 0 aliphatic heterocycles. The summed E-state index contributed by atoms with van der Waals surface area (Å²) >= 11 is 2.59. The number of Topliss-reactive ketones (excluding diaryl/α,β-unsaturated/α-hetero) is 2. The van der Waals surface area contributed by atoms with E-state index in [-0.39, 0.29) is 78.3 Å². The number of carbonyl (C=O) groups excluding carboxylic acids is 4. The van der Waals surface area contributed by atoms with Gasteiger partial charge in [0.25, 0.3) is 0 Å². The molecule has 0 saturated heterocycles. The fourth-order valence-electron chi connectivity index (χ4n) is 4.04. The Morgan fingerprint density at radius 1 is 0.733 bits per heavy atom. The van der Waals surface area contributed by atoms with Gasteiger partial charge >= 0.3 is 17.6 Å². The molecule has 4 rings (SSSR count). The number of benzene rings is 2. The minimum Gasteiger partial charge on any atom is -0.495 e. The Balaban J connectivity index is 0.000000308. The molecule has 0 saturated carbocycles. The van der Waals surface area contributed by atoms with Crippen molar-refractivity contribution in [1.82, 2.24) is 0 Å². The van der Waals surface area contributed by atoms with Gasteiger partial charge in [-0.15, -0.1) is 22.7 Å². The molecular formula is C30H32FeN2O10S2. The van der Waals surface area contributed by atoms with Crippen LogP contribution in [0, 0.1) is 10.1 Å². The van der Waals surface area contributed by atoms with Crippen molar-refractivity contribution >= 4 is 77.7 Å². The molecule has 15 heteroatoms. The first-order valence-corrected chi connectivity index (χ1v) is 15.1. The van der Waals surface area contributed by atoms with Gasteiger partial charge in [-0.25, -0.2) is 0 Å². The summed E-state index contributed by atoms with van der Waals surface area (Å²) in [4.78, 5) is 58.4. The van der Waals surface area contributed by atoms with E-state index in [1.54, 1.807) is 45.2 Å². The molecule has 0 spiro atoms. The number of rotatable bonds is 13. The predicted molar refractivity (Wildman–Crippen MR) is 168 cm³/mol. The summed E-state index contributed by atoms with van der Waals surface area (Å²) in [6, 6.07) is 9.92. The van der Waals surface area contributed by atoms with Gasteiger partial charge in [-0.05, 0) is 37.4 Å². The number of thiophene rings is 2. The Labute approximate surface area is 277 Å². The van der Waals surface area contributed by atoms with Crippen LogP contribution in [0.4, 0.5) is 11.4 Å². The number of anilines is 1. The van der Waals surface area contributed by atoms with Crippen LogP contribution in [0.25, 0.3) is 20.2 Å². The van der Waals surface area contributed by atoms with Crippen molar-refractivity contribution in [3.05, 3.63) is 56.3 Å². The third-order valence-corrected chi connectivity index (χ3v) is 8.43. The van der Waals surface area contributed by atoms with Crippen LogP contribution < -0.4 is 15.2 Å². The maximum Gasteiger partial charge on any atom is 0.311 e. The molecule has 0 atom stereocenters. The zero-order valence-electron chi connectivity index (χ0n) is 25.0. The third-order valence-electron chi connectivity index (χ3n) is 6.16. The number of nitrogen functional groups attached to an aromatic ring is 1. The summed E-state index contributed by atoms with van der Waals surface area (Å²) in [6.07, 6.45) is 0.319. The molecule has 2 heterocycles. The Hall–Kier alpha value is -4.04. The molecule has 0 radical (unpaired) electrons. The number of ketones is 2. The van der Waals surface area contributed by atoms with Crippen molar-refractivity contribution in [2.24, 2.45) is 0 Å². The van der Waals surface area contributed by atoms with Gasteiger partial charge in [0.2, 0.25) is 0 Å². The van der Waals surface area contributed by atoms with E-state index in [2.05, 4.69) is 0 Å². The van der Waals surface area contributed by atoms with Crippen molar-refractivity contribution in [3.8, 4) is 11.5 Å². The normalized spacial score (nSPS) is 10.3. The van der Waals surface area contributed by atoms with Gasteiger partial charge in [-0.1, -0.05) is 0 Å². The second-order valence-electron chi connectivity index (χ2n) is 9.13. The molecule has 2 aromatic carbocycles. The van der Waals surface area contributed by atoms with Crippen LogP contribution in [0.2, 0.25) is 0 Å². The summed E-state index contributed by atoms with van der Waals surface area (Å²) in [7, 11) is 2.91. The molecule has 0 fully saturated rings. The molecule has 242 valence electrons. The van der Waals surface area contributed by atoms with E-state index < -0.39 is 10.9 Å². The van der Waals surface area contributed by atoms with Gasteiger partial charge in [0.05, 0.1) is 60.6 Å². The van der Waals surface area contributed by atoms with Crippen molar-refractivity contribution in [3.63, 3.8) is 0 Å². The van der Waals surface area contributed by atoms with Crippen molar-refractivity contribution in [1.29, 1.82) is 0 Å². The van der Waals surface area contributed by atoms with Crippen LogP contribution in [-0.4, -0.2) is 55.9 Å². The summed E-state index contributed by atoms with van der Waals surface area (Å²) in [5.74, 6) is -0.287. The minimum absolute atomic E-state index is 0. The van der Waals surface area contributed by atoms with Crippen LogP contribution in [0.15, 0.2) is 36.4 Å². The van der Waals surface area contributed by atoms with E-state index >= 15 is 0 Å². The number of ether oxygens (including phenoxy) is 4. The van der Waals surface area contributed by atoms with Gasteiger partial charge < -0.3 is 24.7 Å². The first kappa shape index (κ1) is 37.1. The van der Waals surface area contributed by atoms with Gasteiger partial charge in [0.15, 0.2) is 17.3 Å². The molecule has 0 unspecified atom stereocenters. The van der Waals surface area contributed by atoms with Gasteiger partial charge in [0, 0.05) is 62.9 Å². The fourth-order valence-corrected chi connectivity index (χ4v) is 6.12. The van der Waals surface area contributed by atoms with E-state index in [4.69, 9.17) is 24.7 Å². The fraction of sp³-hybridized carbons (Fsp3) is 0.333. The molecule has 4 aromatic rings. The van der Waals surface area contributed by atoms with E-state index in [9.17, 15) is 29.3 Å². The van der Waals surface area contributed by atoms with E-state index in [0.29, 0.717) is 37.9 Å². The quantitative estimate of drug-likeness (QED) is 0.0410. The number of nitro benzene ring substituents is 1. The van der Waals surface area contributed by atoms with Crippen LogP contribution >= 0.6 is 22.7 Å². The number of methoxy groups -OCH3 is 2. The smallest absolute Gasteiger partial charge is 0.311 e. The van der Waals surface area contributed by atoms with Crippen LogP contribution in [0.3, 0.4) is 0 Å². The minimum atomic E-state index is -0.530. The van der Waals surface area contributed by atoms with E-state index in [0.717, 1.165) is 10.1 Å². The topological polar surface area (TPSA) is 174 Å². The maximum absolute atomic E-state index is 12.1. The zero-order valence-corrected chi connectivity index (χ0v) is 27.7. The number of nitro groups is 1. The average Bonchev–Trinajstić information content (AvgIpc) is 3.61. The van der Waals surface area contributed by atoms with Crippen molar-refractivity contribution in [2.75, 3.05) is 33.2 Å². The molecule has 0 amide bonds. The largest absolute Gasteiger partial charge is 0.495 e. The number of hydrogen-bond donors (Lipinski definition) is 1. The van der Waals surface area contributed by atoms with Crippen molar-refractivity contribution < 1.29 is 60.1 Å². The number of fused-ring (bicyclic) bond motifs is 2. The standard InChI is InChI=1S/C15H15NO6S.C15H17NO4S.Fe/c1-3-22-15(18)5-4-11(17)14-7-9-6-10(16(19)20)12(21-2)8-13(9)23-14;1-3-20-15(18)5-4-11(17)14-7-9-6-10(16)12(19-2)8-13(9)21-14;/h6-8H,3-5H2,1-2H3;6-8H,3-5,16H2,1-2H3;. The Bertz CT molecular complexity index is 1700. The van der Waals surface area contributed by atoms with E-state index in [1.807, 2.05) is 6.07 Å². The van der Waals surface area contributed by atoms with Gasteiger partial charge in [0.1, 0.15) is 5.75 Å². The second-order valence-corrected chi connectivity index (χ2v) is 11.3. The third kappa shape index (κ3) is 9.98. The molecule has 0 aliphatic carbocycles. The average molecular weight is 701 g/mol. The van der Waals surface area contributed by atoms with Crippen molar-refractivity contribution in [2.45, 2.75) is 39.5 Å². The van der Waals surface area contributed by atoms with Crippen LogP contribution in [0.1, 0.15) is 58.9 Å². The first-order chi connectivity index (χ1) is 21.0. The SMILES string of the molecule is CCOC(=O)CCC(=O)c1cc2cc(N)c(OC)cc2s1.CCOC(=O)CCC(=O)c1cc2cc([N+](=O)[O-])c(OC)cc2s1.[Fe]. The summed E-state index contributed by atoms with van der Waals surface area (Å²) < 4.78 is 21.4. The van der Waals surface area contributed by atoms with Crippen LogP contribution in [-0.2, 0) is 36.1 Å². The molecule has 0 aliphatic rings. The number of esters is 2. The number of nitrogens with zero attached hydrogens (tertiary/aromatic N) is 1. The predicted octanol–water partition coefficient (Wildman–Crippen LogP) is 6.36. The molecule has 0 bridgehead atoms. The molecule has 45 heavy (non-hydrogen) atoms. The summed E-state index contributed by atoms with van der Waals surface area (Å²) in [5.41, 5.74) is 6.23. The first-order valence-electron chi connectivity index (χ1n) is 13.5. The van der Waals surface area contributed by atoms with Gasteiger partial charge in [-0.2, -0.15) is 0 Å². The van der Waals surface area contributed by atoms with Crippen LogP contribution in [0.5, 0.6) is 11.5 Å². The zero-order chi connectivity index (χ0) is 32.4. The Morgan fingerprint density at radius 2 is 1.18 bits per heavy atom. The summed E-state index contributed by atoms with van der Waals surface area (Å²) in [5, 5.41) is 12.5. The second kappa shape index (κ2) is 17.4. The molecule has 2 aromatic heterocycles. The molecular weight excluding hydrogens is 668 g/mol. The number of nitrogens with two attached hydrogens (primary N) is 1. The van der Waals surface area contributed by atoms with E-state index in [1.165, 1.54) is 35.8 Å². The Kier molecular flexibility index (Phi) is 14.4. The maximum atomic E-state index is 12.1. The monoisotopic (exact) mass is 700 g/mol. The molecule has 12 nitrogen and oxygen atoms in total. The number of hydrogen-bond acceptors (Lipinski definition) is 13. The molecule has 2 N–H and O–H groups in total. The summed E-state index contributed by atoms with van der Waals surface area (Å²) in [6.45, 7) is 4.05. The Morgan fingerprint density at radius 3 is 1.60 bits per heavy atom. The number of carbonyl (C=O) groups is 4. The van der Waals surface area contributed by atoms with Gasteiger partial charge in [-0.3, -0.25) is 29.3 Å².